The van der Waals surface area contributed by atoms with Gasteiger partial charge in [-0.25, -0.2) is 9.59 Å². The van der Waals surface area contributed by atoms with Gasteiger partial charge in [-0.2, -0.15) is 0 Å². The number of hydrogen-bond acceptors (Lipinski definition) is 2. The van der Waals surface area contributed by atoms with Gasteiger partial charge in [-0.15, -0.1) is 0 Å². The number of benzene rings is 5. The lowest BCUT2D eigenvalue weighted by Crippen LogP contribution is -2.13. The van der Waals surface area contributed by atoms with E-state index in [4.69, 9.17) is 0 Å². The van der Waals surface area contributed by atoms with E-state index in [1.54, 1.807) is 6.07 Å². The summed E-state index contributed by atoms with van der Waals surface area (Å²) in [5, 5.41) is 27.6. The molecule has 5 aromatic carbocycles. The van der Waals surface area contributed by atoms with Crippen molar-refractivity contribution in [2.75, 3.05) is 0 Å². The molecular formula is C30H28O4. The summed E-state index contributed by atoms with van der Waals surface area (Å²) in [6.45, 7) is 8.54. The lowest BCUT2D eigenvalue weighted by molar-refractivity contribution is 0.0687. The van der Waals surface area contributed by atoms with E-state index in [9.17, 15) is 19.8 Å². The summed E-state index contributed by atoms with van der Waals surface area (Å²) in [6, 6.07) is 15.3. The topological polar surface area (TPSA) is 74.6 Å². The highest BCUT2D eigenvalue weighted by Gasteiger charge is 2.26. The molecule has 0 spiro atoms. The van der Waals surface area contributed by atoms with Crippen molar-refractivity contribution >= 4 is 55.0 Å². The molecule has 5 rings (SSSR count). The Morgan fingerprint density at radius 1 is 0.618 bits per heavy atom. The van der Waals surface area contributed by atoms with Crippen LogP contribution in [0.25, 0.3) is 43.1 Å². The van der Waals surface area contributed by atoms with Gasteiger partial charge in [0.05, 0.1) is 11.1 Å². The third-order valence-corrected chi connectivity index (χ3v) is 6.82. The zero-order valence-corrected chi connectivity index (χ0v) is 19.9. The van der Waals surface area contributed by atoms with E-state index >= 15 is 0 Å². The summed E-state index contributed by atoms with van der Waals surface area (Å²) in [5.74, 6) is -1.21. The second-order valence-corrected chi connectivity index (χ2v) is 10.1. The molecule has 0 radical (unpaired) electrons. The first-order valence-corrected chi connectivity index (χ1v) is 11.8. The number of rotatable bonds is 6. The Kier molecular flexibility index (Phi) is 5.20. The maximum absolute atomic E-state index is 12.7. The summed E-state index contributed by atoms with van der Waals surface area (Å²) < 4.78 is 0. The van der Waals surface area contributed by atoms with Gasteiger partial charge in [0.15, 0.2) is 0 Å². The second kappa shape index (κ2) is 7.98. The molecular weight excluding hydrogens is 424 g/mol. The Bertz CT molecular complexity index is 1610. The maximum Gasteiger partial charge on any atom is 0.336 e. The molecule has 0 aliphatic rings. The minimum Gasteiger partial charge on any atom is -0.478 e. The van der Waals surface area contributed by atoms with Gasteiger partial charge in [0.25, 0.3) is 0 Å². The minimum atomic E-state index is -0.947. The molecule has 0 saturated heterocycles. The highest BCUT2D eigenvalue weighted by Crippen LogP contribution is 2.45. The number of carboxylic acid groups (broad SMARTS) is 2. The van der Waals surface area contributed by atoms with Crippen molar-refractivity contribution in [3.8, 4) is 0 Å². The van der Waals surface area contributed by atoms with Crippen molar-refractivity contribution in [1.29, 1.82) is 0 Å². The van der Waals surface area contributed by atoms with Gasteiger partial charge in [0.1, 0.15) is 0 Å². The molecule has 0 aliphatic carbocycles. The number of fused-ring (bicyclic) bond motifs is 2. The highest BCUT2D eigenvalue weighted by atomic mass is 16.4. The van der Waals surface area contributed by atoms with E-state index in [-0.39, 0.29) is 5.56 Å². The van der Waals surface area contributed by atoms with Crippen molar-refractivity contribution in [3.63, 3.8) is 0 Å². The Morgan fingerprint density at radius 2 is 1.18 bits per heavy atom. The second-order valence-electron chi connectivity index (χ2n) is 10.1. The van der Waals surface area contributed by atoms with Gasteiger partial charge in [-0.3, -0.25) is 0 Å². The minimum absolute atomic E-state index is 0.284. The van der Waals surface area contributed by atoms with Crippen LogP contribution in [0.4, 0.5) is 0 Å². The number of carboxylic acids is 2. The molecule has 5 aromatic rings. The lowest BCUT2D eigenvalue weighted by atomic mass is 9.79. The maximum atomic E-state index is 12.7. The zero-order valence-electron chi connectivity index (χ0n) is 19.9. The smallest absolute Gasteiger partial charge is 0.336 e. The molecule has 0 unspecified atom stereocenters. The van der Waals surface area contributed by atoms with Gasteiger partial charge in [0.2, 0.25) is 0 Å². The molecule has 0 amide bonds. The molecule has 0 atom stereocenters. The van der Waals surface area contributed by atoms with Crippen LogP contribution < -0.4 is 0 Å². The number of hydrogen-bond donors (Lipinski definition) is 2. The summed E-state index contributed by atoms with van der Waals surface area (Å²) in [7, 11) is 0. The number of aromatic carboxylic acids is 2. The van der Waals surface area contributed by atoms with Gasteiger partial charge >= 0.3 is 11.9 Å². The van der Waals surface area contributed by atoms with Crippen molar-refractivity contribution in [2.24, 2.45) is 11.8 Å². The average molecular weight is 453 g/mol. The molecule has 0 fully saturated rings. The van der Waals surface area contributed by atoms with E-state index < -0.39 is 11.9 Å². The molecule has 4 nitrogen and oxygen atoms in total. The molecule has 0 aliphatic heterocycles. The van der Waals surface area contributed by atoms with Crippen LogP contribution >= 0.6 is 0 Å². The molecule has 0 bridgehead atoms. The Labute approximate surface area is 198 Å². The first-order valence-electron chi connectivity index (χ1n) is 11.8. The SMILES string of the molecule is CC(C)Cc1c(C(=O)O)c2cccc3c4cccc5c(C(=O)O)ccc(c(c1CC(C)C)c23)c54. The first-order chi connectivity index (χ1) is 16.2. The average Bonchev–Trinajstić information content (AvgIpc) is 2.77. The Hall–Kier alpha value is -3.66. The quantitative estimate of drug-likeness (QED) is 0.206. The van der Waals surface area contributed by atoms with Gasteiger partial charge < -0.3 is 10.2 Å². The molecule has 0 heterocycles. The first kappa shape index (κ1) is 22.1. The molecule has 172 valence electrons. The van der Waals surface area contributed by atoms with E-state index in [0.29, 0.717) is 29.2 Å². The third kappa shape index (κ3) is 3.20. The van der Waals surface area contributed by atoms with E-state index in [0.717, 1.165) is 55.3 Å². The predicted octanol–water partition coefficient (Wildman–Crippen LogP) is 7.53. The predicted molar refractivity (Wildman–Crippen MR) is 139 cm³/mol. The van der Waals surface area contributed by atoms with Crippen molar-refractivity contribution in [3.05, 3.63) is 70.8 Å². The third-order valence-electron chi connectivity index (χ3n) is 6.82. The molecule has 0 saturated carbocycles. The summed E-state index contributed by atoms with van der Waals surface area (Å²) in [6.07, 6.45) is 1.43. The van der Waals surface area contributed by atoms with Gasteiger partial charge in [0, 0.05) is 0 Å². The standard InChI is InChI=1S/C30H28O4/c1-15(2)13-23-24(14-16(3)4)28(30(33)34)21-10-6-8-18-17-7-5-9-19-20(29(31)32)11-12-22(25(17)19)27(23)26(18)21/h5-12,15-16H,13-14H2,1-4H3,(H,31,32)(H,33,34). The molecule has 0 aromatic heterocycles. The fraction of sp³-hybridized carbons (Fsp3) is 0.267. The van der Waals surface area contributed by atoms with E-state index in [2.05, 4.69) is 27.7 Å². The normalized spacial score (nSPS) is 12.2. The number of carbonyl (C=O) groups is 2. The van der Waals surface area contributed by atoms with Crippen LogP contribution in [0.2, 0.25) is 0 Å². The monoisotopic (exact) mass is 452 g/mol. The molecule has 4 heteroatoms. The van der Waals surface area contributed by atoms with Crippen LogP contribution in [-0.4, -0.2) is 22.2 Å². The van der Waals surface area contributed by atoms with Crippen LogP contribution in [-0.2, 0) is 12.8 Å². The molecule has 34 heavy (non-hydrogen) atoms. The lowest BCUT2D eigenvalue weighted by Gasteiger charge is -2.24. The van der Waals surface area contributed by atoms with E-state index in [1.807, 2.05) is 42.5 Å². The zero-order chi connectivity index (χ0) is 24.3. The van der Waals surface area contributed by atoms with Gasteiger partial charge in [-0.1, -0.05) is 70.2 Å². The Balaban J connectivity index is 2.15. The van der Waals surface area contributed by atoms with Crippen molar-refractivity contribution in [1.82, 2.24) is 0 Å². The largest absolute Gasteiger partial charge is 0.478 e. The summed E-state index contributed by atoms with van der Waals surface area (Å²) in [4.78, 5) is 24.7. The summed E-state index contributed by atoms with van der Waals surface area (Å²) in [5.41, 5.74) is 2.68. The fourth-order valence-electron chi connectivity index (χ4n) is 5.70. The van der Waals surface area contributed by atoms with Crippen molar-refractivity contribution < 1.29 is 19.8 Å². The summed E-state index contributed by atoms with van der Waals surface area (Å²) >= 11 is 0. The fourth-order valence-corrected chi connectivity index (χ4v) is 5.70. The Morgan fingerprint density at radius 3 is 1.76 bits per heavy atom. The van der Waals surface area contributed by atoms with Crippen LogP contribution in [0.5, 0.6) is 0 Å². The van der Waals surface area contributed by atoms with Crippen LogP contribution in [0.1, 0.15) is 59.5 Å². The van der Waals surface area contributed by atoms with E-state index in [1.165, 1.54) is 0 Å². The van der Waals surface area contributed by atoms with Crippen LogP contribution in [0.15, 0.2) is 48.5 Å². The van der Waals surface area contributed by atoms with Gasteiger partial charge in [-0.05, 0) is 85.0 Å². The van der Waals surface area contributed by atoms with Crippen LogP contribution in [0.3, 0.4) is 0 Å². The van der Waals surface area contributed by atoms with Crippen molar-refractivity contribution in [2.45, 2.75) is 40.5 Å². The molecule has 2 N–H and O–H groups in total. The van der Waals surface area contributed by atoms with Crippen LogP contribution in [0, 0.1) is 11.8 Å². The highest BCUT2D eigenvalue weighted by molar-refractivity contribution is 6.36.